The van der Waals surface area contributed by atoms with Crippen molar-refractivity contribution in [3.05, 3.63) is 59.5 Å². The molecule has 4 rings (SSSR count). The number of nitrogens with one attached hydrogen (secondary N) is 1. The Hall–Kier alpha value is -2.16. The van der Waals surface area contributed by atoms with E-state index in [4.69, 9.17) is 4.42 Å². The van der Waals surface area contributed by atoms with Gasteiger partial charge in [0.15, 0.2) is 0 Å². The van der Waals surface area contributed by atoms with Gasteiger partial charge in [-0.15, -0.1) is 0 Å². The van der Waals surface area contributed by atoms with Crippen LogP contribution in [0.4, 0.5) is 0 Å². The van der Waals surface area contributed by atoms with E-state index in [0.717, 1.165) is 44.1 Å². The van der Waals surface area contributed by atoms with Crippen LogP contribution in [-0.4, -0.2) is 42.1 Å². The molecule has 1 saturated carbocycles. The zero-order valence-corrected chi connectivity index (χ0v) is 17.9. The molecule has 0 radical (unpaired) electrons. The lowest BCUT2D eigenvalue weighted by atomic mass is 10.1. The van der Waals surface area contributed by atoms with Crippen LogP contribution in [0.5, 0.6) is 0 Å². The lowest BCUT2D eigenvalue weighted by molar-refractivity contribution is 0.0951. The van der Waals surface area contributed by atoms with E-state index in [1.54, 1.807) is 34.8 Å². The SMILES string of the molecule is O=C(NC1CC1)c1ccc(CN(Cc2ccco2)S(=O)(=O)N2CCCCCC2)cc1. The first kappa shape index (κ1) is 21.1. The first-order valence-electron chi connectivity index (χ1n) is 10.7. The second-order valence-electron chi connectivity index (χ2n) is 8.11. The minimum absolute atomic E-state index is 0.0753. The molecule has 2 heterocycles. The van der Waals surface area contributed by atoms with E-state index in [9.17, 15) is 13.2 Å². The topological polar surface area (TPSA) is 82.9 Å². The number of carbonyl (C=O) groups excluding carboxylic acids is 1. The van der Waals surface area contributed by atoms with E-state index in [-0.39, 0.29) is 19.0 Å². The van der Waals surface area contributed by atoms with Crippen LogP contribution in [0.25, 0.3) is 0 Å². The lowest BCUT2D eigenvalue weighted by Crippen LogP contribution is -2.43. The van der Waals surface area contributed by atoms with Gasteiger partial charge in [-0.1, -0.05) is 25.0 Å². The summed E-state index contributed by atoms with van der Waals surface area (Å²) < 4.78 is 35.3. The van der Waals surface area contributed by atoms with Crippen molar-refractivity contribution < 1.29 is 17.6 Å². The fourth-order valence-electron chi connectivity index (χ4n) is 3.69. The van der Waals surface area contributed by atoms with Crippen LogP contribution in [0.1, 0.15) is 60.2 Å². The molecule has 2 aromatic rings. The Morgan fingerprint density at radius 2 is 1.73 bits per heavy atom. The summed E-state index contributed by atoms with van der Waals surface area (Å²) in [5, 5.41) is 2.97. The number of nitrogens with zero attached hydrogens (tertiary/aromatic N) is 2. The highest BCUT2D eigenvalue weighted by molar-refractivity contribution is 7.86. The molecule has 2 fully saturated rings. The van der Waals surface area contributed by atoms with Gasteiger partial charge < -0.3 is 9.73 Å². The van der Waals surface area contributed by atoms with Gasteiger partial charge in [0, 0.05) is 31.2 Å². The van der Waals surface area contributed by atoms with Gasteiger partial charge in [0.2, 0.25) is 0 Å². The number of hydrogen-bond acceptors (Lipinski definition) is 4. The van der Waals surface area contributed by atoms with E-state index in [1.165, 1.54) is 4.31 Å². The van der Waals surface area contributed by atoms with Crippen LogP contribution in [-0.2, 0) is 23.3 Å². The summed E-state index contributed by atoms with van der Waals surface area (Å²) in [6.45, 7) is 1.51. The Morgan fingerprint density at radius 3 is 2.33 bits per heavy atom. The minimum atomic E-state index is -3.63. The molecule has 1 aromatic heterocycles. The zero-order valence-electron chi connectivity index (χ0n) is 17.1. The third kappa shape index (κ3) is 5.30. The standard InChI is InChI=1S/C22H29N3O4S/c26-22(23-20-11-12-20)19-9-7-18(8-10-19)16-25(17-21-6-5-15-29-21)30(27,28)24-13-3-1-2-4-14-24/h5-10,15,20H,1-4,11-14,16-17H2,(H,23,26). The van der Waals surface area contributed by atoms with Crippen LogP contribution in [0, 0.1) is 0 Å². The molecule has 8 heteroatoms. The van der Waals surface area contributed by atoms with Gasteiger partial charge in [-0.2, -0.15) is 17.0 Å². The van der Waals surface area contributed by atoms with Gasteiger partial charge in [-0.25, -0.2) is 0 Å². The van der Waals surface area contributed by atoms with Gasteiger partial charge in [-0.05, 0) is 55.5 Å². The molecule has 1 aromatic carbocycles. The van der Waals surface area contributed by atoms with Crippen molar-refractivity contribution in [3.8, 4) is 0 Å². The van der Waals surface area contributed by atoms with Crippen LogP contribution in [0.15, 0.2) is 47.1 Å². The summed E-state index contributed by atoms with van der Waals surface area (Å²) in [5.41, 5.74) is 1.43. The van der Waals surface area contributed by atoms with Crippen molar-refractivity contribution in [1.82, 2.24) is 13.9 Å². The molecule has 1 N–H and O–H groups in total. The lowest BCUT2D eigenvalue weighted by Gasteiger charge is -2.28. The molecule has 30 heavy (non-hydrogen) atoms. The van der Waals surface area contributed by atoms with E-state index in [1.807, 2.05) is 12.1 Å². The molecule has 7 nitrogen and oxygen atoms in total. The highest BCUT2D eigenvalue weighted by atomic mass is 32.2. The molecule has 0 spiro atoms. The van der Waals surface area contributed by atoms with Crippen molar-refractivity contribution >= 4 is 16.1 Å². The smallest absolute Gasteiger partial charge is 0.282 e. The third-order valence-electron chi connectivity index (χ3n) is 5.62. The van der Waals surface area contributed by atoms with Crippen LogP contribution in [0.2, 0.25) is 0 Å². The number of benzene rings is 1. The third-order valence-corrected chi connectivity index (χ3v) is 7.55. The normalized spacial score (nSPS) is 18.3. The summed E-state index contributed by atoms with van der Waals surface area (Å²) in [6.07, 6.45) is 7.54. The number of amides is 1. The summed E-state index contributed by atoms with van der Waals surface area (Å²) >= 11 is 0. The average Bonchev–Trinajstić information content (AvgIpc) is 3.48. The van der Waals surface area contributed by atoms with Crippen molar-refractivity contribution in [3.63, 3.8) is 0 Å². The Balaban J connectivity index is 1.51. The molecule has 0 bridgehead atoms. The fourth-order valence-corrected chi connectivity index (χ4v) is 5.34. The summed E-state index contributed by atoms with van der Waals surface area (Å²) in [6, 6.07) is 11.0. The predicted molar refractivity (Wildman–Crippen MR) is 114 cm³/mol. The second kappa shape index (κ2) is 9.32. The molecule has 1 saturated heterocycles. The Morgan fingerprint density at radius 1 is 1.03 bits per heavy atom. The van der Waals surface area contributed by atoms with Crippen molar-refractivity contribution in [2.75, 3.05) is 13.1 Å². The maximum absolute atomic E-state index is 13.4. The summed E-state index contributed by atoms with van der Waals surface area (Å²) in [5.74, 6) is 0.530. The highest BCUT2D eigenvalue weighted by Gasteiger charge is 2.31. The van der Waals surface area contributed by atoms with Gasteiger partial charge in [0.1, 0.15) is 5.76 Å². The van der Waals surface area contributed by atoms with Crippen molar-refractivity contribution in [1.29, 1.82) is 0 Å². The van der Waals surface area contributed by atoms with Crippen LogP contribution >= 0.6 is 0 Å². The quantitative estimate of drug-likeness (QED) is 0.695. The maximum Gasteiger partial charge on any atom is 0.282 e. The monoisotopic (exact) mass is 431 g/mol. The summed E-state index contributed by atoms with van der Waals surface area (Å²) in [7, 11) is -3.63. The van der Waals surface area contributed by atoms with E-state index in [2.05, 4.69) is 5.32 Å². The largest absolute Gasteiger partial charge is 0.468 e. The second-order valence-corrected chi connectivity index (χ2v) is 10.0. The Bertz CT molecular complexity index is 929. The molecule has 1 amide bonds. The van der Waals surface area contributed by atoms with E-state index < -0.39 is 10.2 Å². The predicted octanol–water partition coefficient (Wildman–Crippen LogP) is 3.29. The molecule has 1 aliphatic heterocycles. The molecule has 162 valence electrons. The van der Waals surface area contributed by atoms with Gasteiger partial charge in [-0.3, -0.25) is 4.79 Å². The molecular weight excluding hydrogens is 402 g/mol. The fraction of sp³-hybridized carbons (Fsp3) is 0.500. The molecular formula is C22H29N3O4S. The zero-order chi connectivity index (χ0) is 21.0. The minimum Gasteiger partial charge on any atom is -0.468 e. The highest BCUT2D eigenvalue weighted by Crippen LogP contribution is 2.22. The molecule has 0 atom stereocenters. The van der Waals surface area contributed by atoms with Crippen LogP contribution < -0.4 is 5.32 Å². The van der Waals surface area contributed by atoms with Gasteiger partial charge in [0.25, 0.3) is 16.1 Å². The van der Waals surface area contributed by atoms with Crippen LogP contribution in [0.3, 0.4) is 0 Å². The van der Waals surface area contributed by atoms with E-state index >= 15 is 0 Å². The molecule has 2 aliphatic rings. The summed E-state index contributed by atoms with van der Waals surface area (Å²) in [4.78, 5) is 12.2. The first-order chi connectivity index (χ1) is 14.5. The number of carbonyl (C=O) groups is 1. The van der Waals surface area contributed by atoms with Crippen molar-refractivity contribution in [2.24, 2.45) is 0 Å². The Kier molecular flexibility index (Phi) is 6.55. The number of hydrogen-bond donors (Lipinski definition) is 1. The number of rotatable bonds is 8. The first-order valence-corrected chi connectivity index (χ1v) is 12.1. The molecule has 0 unspecified atom stereocenters. The molecule has 1 aliphatic carbocycles. The average molecular weight is 432 g/mol. The van der Waals surface area contributed by atoms with Gasteiger partial charge >= 0.3 is 0 Å². The maximum atomic E-state index is 13.4. The van der Waals surface area contributed by atoms with Gasteiger partial charge in [0.05, 0.1) is 12.8 Å². The Labute approximate surface area is 178 Å². The van der Waals surface area contributed by atoms with Crippen molar-refractivity contribution in [2.45, 2.75) is 57.7 Å². The van der Waals surface area contributed by atoms with E-state index in [0.29, 0.717) is 30.5 Å². The number of furan rings is 1.